The van der Waals surface area contributed by atoms with Crippen molar-refractivity contribution in [2.45, 2.75) is 32.7 Å². The summed E-state index contributed by atoms with van der Waals surface area (Å²) in [6.45, 7) is 4.45. The van der Waals surface area contributed by atoms with Crippen LogP contribution < -0.4 is 5.32 Å². The quantitative estimate of drug-likeness (QED) is 0.860. The summed E-state index contributed by atoms with van der Waals surface area (Å²) in [4.78, 5) is 37.8. The molecular formula is C18H24N2O4. The highest BCUT2D eigenvalue weighted by atomic mass is 16.4. The molecule has 6 nitrogen and oxygen atoms in total. The summed E-state index contributed by atoms with van der Waals surface area (Å²) in [6, 6.07) is 8.07. The molecule has 2 rings (SSSR count). The van der Waals surface area contributed by atoms with E-state index in [-0.39, 0.29) is 23.7 Å². The van der Waals surface area contributed by atoms with Crippen LogP contribution in [0.5, 0.6) is 0 Å². The number of aliphatic carboxylic acids is 1. The number of carbonyl (C=O) groups excluding carboxylic acids is 2. The molecule has 1 aliphatic heterocycles. The third kappa shape index (κ3) is 4.34. The van der Waals surface area contributed by atoms with E-state index in [1.54, 1.807) is 30.9 Å². The largest absolute Gasteiger partial charge is 0.480 e. The van der Waals surface area contributed by atoms with Gasteiger partial charge in [0, 0.05) is 18.7 Å². The van der Waals surface area contributed by atoms with Crippen LogP contribution in [-0.4, -0.2) is 46.9 Å². The van der Waals surface area contributed by atoms with Crippen LogP contribution in [0.3, 0.4) is 0 Å². The smallest absolute Gasteiger partial charge is 0.326 e. The van der Waals surface area contributed by atoms with E-state index in [1.807, 2.05) is 18.2 Å². The van der Waals surface area contributed by atoms with Crippen LogP contribution in [-0.2, 0) is 9.59 Å². The predicted octanol–water partition coefficient (Wildman–Crippen LogP) is 1.76. The molecule has 2 N–H and O–H groups in total. The van der Waals surface area contributed by atoms with E-state index in [0.29, 0.717) is 25.1 Å². The van der Waals surface area contributed by atoms with Gasteiger partial charge in [-0.05, 0) is 30.9 Å². The Hall–Kier alpha value is -2.37. The highest BCUT2D eigenvalue weighted by molar-refractivity contribution is 5.94. The lowest BCUT2D eigenvalue weighted by Gasteiger charge is -2.33. The molecule has 6 heteroatoms. The fourth-order valence-corrected chi connectivity index (χ4v) is 2.92. The SMILES string of the molecule is CC(C)[C@H](NC(=O)C1CCCN(C(=O)c2ccccc2)C1)C(=O)O. The first kappa shape index (κ1) is 18.0. The monoisotopic (exact) mass is 332 g/mol. The van der Waals surface area contributed by atoms with Crippen molar-refractivity contribution in [2.75, 3.05) is 13.1 Å². The van der Waals surface area contributed by atoms with E-state index in [1.165, 1.54) is 0 Å². The molecule has 1 unspecified atom stereocenters. The predicted molar refractivity (Wildman–Crippen MR) is 89.5 cm³/mol. The number of rotatable bonds is 5. The zero-order chi connectivity index (χ0) is 17.7. The Morgan fingerprint density at radius 3 is 2.46 bits per heavy atom. The van der Waals surface area contributed by atoms with Gasteiger partial charge < -0.3 is 15.3 Å². The molecule has 1 aliphatic rings. The summed E-state index contributed by atoms with van der Waals surface area (Å²) in [5.41, 5.74) is 0.601. The summed E-state index contributed by atoms with van der Waals surface area (Å²) in [5.74, 6) is -1.98. The number of carboxylic acids is 1. The minimum absolute atomic E-state index is 0.0910. The van der Waals surface area contributed by atoms with Gasteiger partial charge in [-0.1, -0.05) is 32.0 Å². The molecule has 0 aliphatic carbocycles. The topological polar surface area (TPSA) is 86.7 Å². The van der Waals surface area contributed by atoms with Gasteiger partial charge in [0.15, 0.2) is 0 Å². The van der Waals surface area contributed by atoms with Gasteiger partial charge in [-0.15, -0.1) is 0 Å². The van der Waals surface area contributed by atoms with Crippen LogP contribution in [0.2, 0.25) is 0 Å². The van der Waals surface area contributed by atoms with Crippen molar-refractivity contribution < 1.29 is 19.5 Å². The molecule has 0 spiro atoms. The lowest BCUT2D eigenvalue weighted by atomic mass is 9.95. The Morgan fingerprint density at radius 1 is 1.21 bits per heavy atom. The number of piperidine rings is 1. The Labute approximate surface area is 141 Å². The fraction of sp³-hybridized carbons (Fsp3) is 0.500. The van der Waals surface area contributed by atoms with Gasteiger partial charge in [0.25, 0.3) is 5.91 Å². The number of carboxylic acid groups (broad SMARTS) is 1. The average Bonchev–Trinajstić information content (AvgIpc) is 2.59. The first-order valence-corrected chi connectivity index (χ1v) is 8.27. The Bertz CT molecular complexity index is 600. The molecule has 1 fully saturated rings. The molecule has 0 saturated carbocycles. The van der Waals surface area contributed by atoms with Gasteiger partial charge in [0.1, 0.15) is 6.04 Å². The number of nitrogens with one attached hydrogen (secondary N) is 1. The van der Waals surface area contributed by atoms with Crippen LogP contribution in [0.4, 0.5) is 0 Å². The third-order valence-electron chi connectivity index (χ3n) is 4.33. The van der Waals surface area contributed by atoms with Crippen molar-refractivity contribution in [1.29, 1.82) is 0 Å². The Morgan fingerprint density at radius 2 is 1.88 bits per heavy atom. The van der Waals surface area contributed by atoms with E-state index >= 15 is 0 Å². The van der Waals surface area contributed by atoms with Crippen molar-refractivity contribution in [2.24, 2.45) is 11.8 Å². The molecule has 0 aromatic heterocycles. The number of hydrogen-bond donors (Lipinski definition) is 2. The fourth-order valence-electron chi connectivity index (χ4n) is 2.92. The zero-order valence-electron chi connectivity index (χ0n) is 14.1. The molecule has 24 heavy (non-hydrogen) atoms. The molecule has 1 heterocycles. The molecule has 1 aromatic carbocycles. The van der Waals surface area contributed by atoms with Crippen LogP contribution >= 0.6 is 0 Å². The maximum Gasteiger partial charge on any atom is 0.326 e. The summed E-state index contributed by atoms with van der Waals surface area (Å²) < 4.78 is 0. The molecule has 130 valence electrons. The molecule has 2 amide bonds. The summed E-state index contributed by atoms with van der Waals surface area (Å²) in [5, 5.41) is 11.8. The minimum Gasteiger partial charge on any atom is -0.480 e. The number of likely N-dealkylation sites (tertiary alicyclic amines) is 1. The number of carbonyl (C=O) groups is 3. The Kier molecular flexibility index (Phi) is 5.95. The maximum atomic E-state index is 12.5. The molecule has 1 saturated heterocycles. The highest BCUT2D eigenvalue weighted by Gasteiger charge is 2.32. The second-order valence-corrected chi connectivity index (χ2v) is 6.52. The third-order valence-corrected chi connectivity index (χ3v) is 4.33. The van der Waals surface area contributed by atoms with E-state index in [4.69, 9.17) is 0 Å². The van der Waals surface area contributed by atoms with Crippen molar-refractivity contribution in [3.05, 3.63) is 35.9 Å². The number of benzene rings is 1. The normalized spacial score (nSPS) is 19.0. The standard InChI is InChI=1S/C18H24N2O4/c1-12(2)15(18(23)24)19-16(21)14-9-6-10-20(11-14)17(22)13-7-4-3-5-8-13/h3-5,7-8,12,14-15H,6,9-11H2,1-2H3,(H,19,21)(H,23,24)/t14?,15-/m0/s1. The average molecular weight is 332 g/mol. The molecule has 2 atom stereocenters. The molecular weight excluding hydrogens is 308 g/mol. The van der Waals surface area contributed by atoms with Gasteiger partial charge in [-0.25, -0.2) is 4.79 Å². The maximum absolute atomic E-state index is 12.5. The van der Waals surface area contributed by atoms with Crippen LogP contribution in [0, 0.1) is 11.8 Å². The number of nitrogens with zero attached hydrogens (tertiary/aromatic N) is 1. The van der Waals surface area contributed by atoms with Gasteiger partial charge in [-0.3, -0.25) is 9.59 Å². The van der Waals surface area contributed by atoms with E-state index < -0.39 is 12.0 Å². The summed E-state index contributed by atoms with van der Waals surface area (Å²) in [7, 11) is 0. The summed E-state index contributed by atoms with van der Waals surface area (Å²) >= 11 is 0. The van der Waals surface area contributed by atoms with Gasteiger partial charge >= 0.3 is 5.97 Å². The lowest BCUT2D eigenvalue weighted by Crippen LogP contribution is -2.50. The molecule has 1 aromatic rings. The van der Waals surface area contributed by atoms with Gasteiger partial charge in [0.05, 0.1) is 5.92 Å². The second kappa shape index (κ2) is 7.95. The number of hydrogen-bond acceptors (Lipinski definition) is 3. The van der Waals surface area contributed by atoms with Crippen LogP contribution in [0.15, 0.2) is 30.3 Å². The van der Waals surface area contributed by atoms with Crippen molar-refractivity contribution in [1.82, 2.24) is 10.2 Å². The Balaban J connectivity index is 2.01. The van der Waals surface area contributed by atoms with E-state index in [0.717, 1.165) is 6.42 Å². The lowest BCUT2D eigenvalue weighted by molar-refractivity contribution is -0.144. The molecule has 0 bridgehead atoms. The van der Waals surface area contributed by atoms with Gasteiger partial charge in [-0.2, -0.15) is 0 Å². The number of amides is 2. The first-order chi connectivity index (χ1) is 11.4. The van der Waals surface area contributed by atoms with Crippen molar-refractivity contribution >= 4 is 17.8 Å². The molecule has 0 radical (unpaired) electrons. The van der Waals surface area contributed by atoms with E-state index in [2.05, 4.69) is 5.32 Å². The second-order valence-electron chi connectivity index (χ2n) is 6.52. The van der Waals surface area contributed by atoms with Crippen LogP contribution in [0.1, 0.15) is 37.0 Å². The zero-order valence-corrected chi connectivity index (χ0v) is 14.1. The van der Waals surface area contributed by atoms with Crippen molar-refractivity contribution in [3.8, 4) is 0 Å². The minimum atomic E-state index is -1.04. The highest BCUT2D eigenvalue weighted by Crippen LogP contribution is 2.19. The summed E-state index contributed by atoms with van der Waals surface area (Å²) in [6.07, 6.45) is 1.39. The first-order valence-electron chi connectivity index (χ1n) is 8.27. The van der Waals surface area contributed by atoms with Crippen molar-refractivity contribution in [3.63, 3.8) is 0 Å². The van der Waals surface area contributed by atoms with Crippen LogP contribution in [0.25, 0.3) is 0 Å². The van der Waals surface area contributed by atoms with Gasteiger partial charge in [0.2, 0.25) is 5.91 Å². The van der Waals surface area contributed by atoms with E-state index in [9.17, 15) is 19.5 Å².